The third-order valence-corrected chi connectivity index (χ3v) is 4.45. The molecule has 0 aliphatic heterocycles. The third-order valence-electron chi connectivity index (χ3n) is 4.45. The number of rotatable bonds is 7. The second-order valence-corrected chi connectivity index (χ2v) is 5.28. The number of nitrogens with one attached hydrogen (secondary N) is 1. The zero-order chi connectivity index (χ0) is 14.4. The minimum atomic E-state index is 0.0984. The van der Waals surface area contributed by atoms with Gasteiger partial charge in [-0.3, -0.25) is 0 Å². The number of hydrogen-bond donors (Lipinski definition) is 1. The molecule has 0 spiro atoms. The van der Waals surface area contributed by atoms with Crippen molar-refractivity contribution in [2.75, 3.05) is 6.54 Å². The Morgan fingerprint density at radius 1 is 1.05 bits per heavy atom. The monoisotopic (exact) mass is 271 g/mol. The summed E-state index contributed by atoms with van der Waals surface area (Å²) in [6, 6.07) is 13.2. The van der Waals surface area contributed by atoms with Crippen LogP contribution in [0.1, 0.15) is 50.8 Å². The van der Waals surface area contributed by atoms with Crippen molar-refractivity contribution in [1.29, 1.82) is 0 Å². The third kappa shape index (κ3) is 2.66. The van der Waals surface area contributed by atoms with Gasteiger partial charge in [0.15, 0.2) is 0 Å². The molecule has 20 heavy (non-hydrogen) atoms. The van der Waals surface area contributed by atoms with Gasteiger partial charge in [-0.15, -0.1) is 0 Å². The second kappa shape index (κ2) is 6.76. The van der Waals surface area contributed by atoms with Gasteiger partial charge in [-0.05, 0) is 31.0 Å². The van der Waals surface area contributed by atoms with E-state index in [2.05, 4.69) is 62.5 Å². The molecular formula is C18H25NO. The Kier molecular flexibility index (Phi) is 5.02. The summed E-state index contributed by atoms with van der Waals surface area (Å²) in [5, 5.41) is 3.67. The van der Waals surface area contributed by atoms with Gasteiger partial charge < -0.3 is 9.73 Å². The van der Waals surface area contributed by atoms with Crippen LogP contribution in [0, 0.1) is 0 Å². The van der Waals surface area contributed by atoms with E-state index in [1.54, 1.807) is 6.26 Å². The van der Waals surface area contributed by atoms with Crippen molar-refractivity contribution in [3.63, 3.8) is 0 Å². The summed E-state index contributed by atoms with van der Waals surface area (Å²) in [4.78, 5) is 0. The van der Waals surface area contributed by atoms with Crippen LogP contribution in [-0.2, 0) is 5.41 Å². The van der Waals surface area contributed by atoms with Crippen LogP contribution in [0.4, 0.5) is 0 Å². The molecule has 0 aliphatic carbocycles. The van der Waals surface area contributed by atoms with E-state index in [0.29, 0.717) is 0 Å². The van der Waals surface area contributed by atoms with Crippen molar-refractivity contribution in [2.24, 2.45) is 0 Å². The van der Waals surface area contributed by atoms with Gasteiger partial charge in [0.1, 0.15) is 0 Å². The van der Waals surface area contributed by atoms with Crippen molar-refractivity contribution in [3.05, 3.63) is 60.1 Å². The molecule has 0 aliphatic rings. The first kappa shape index (κ1) is 14.9. The average Bonchev–Trinajstić information content (AvgIpc) is 3.03. The van der Waals surface area contributed by atoms with Crippen LogP contribution >= 0.6 is 0 Å². The van der Waals surface area contributed by atoms with Crippen molar-refractivity contribution >= 4 is 0 Å². The minimum absolute atomic E-state index is 0.0984. The standard InChI is InChI=1S/C18H25NO/c1-4-18(5-2,16-10-8-7-9-11-16)17(19-6-3)15-12-13-20-14-15/h7-14,17,19H,4-6H2,1-3H3. The van der Waals surface area contributed by atoms with Crippen molar-refractivity contribution in [2.45, 2.75) is 45.1 Å². The zero-order valence-electron chi connectivity index (χ0n) is 12.7. The number of likely N-dealkylation sites (N-methyl/N-ethyl adjacent to an activating group) is 1. The van der Waals surface area contributed by atoms with E-state index >= 15 is 0 Å². The minimum Gasteiger partial charge on any atom is -0.472 e. The molecule has 2 nitrogen and oxygen atoms in total. The Morgan fingerprint density at radius 3 is 2.25 bits per heavy atom. The SMILES string of the molecule is CCNC(c1ccoc1)C(CC)(CC)c1ccccc1. The number of hydrogen-bond acceptors (Lipinski definition) is 2. The molecule has 0 saturated carbocycles. The van der Waals surface area contributed by atoms with Gasteiger partial charge in [0, 0.05) is 17.0 Å². The number of furan rings is 1. The Hall–Kier alpha value is -1.54. The predicted molar refractivity (Wildman–Crippen MR) is 83.8 cm³/mol. The molecule has 1 N–H and O–H groups in total. The van der Waals surface area contributed by atoms with Crippen LogP contribution in [0.3, 0.4) is 0 Å². The summed E-state index contributed by atoms with van der Waals surface area (Å²) in [5.41, 5.74) is 2.73. The summed E-state index contributed by atoms with van der Waals surface area (Å²) >= 11 is 0. The lowest BCUT2D eigenvalue weighted by Crippen LogP contribution is -2.41. The fourth-order valence-corrected chi connectivity index (χ4v) is 3.28. The van der Waals surface area contributed by atoms with Crippen LogP contribution in [-0.4, -0.2) is 6.54 Å². The summed E-state index contributed by atoms with van der Waals surface area (Å²) in [7, 11) is 0. The van der Waals surface area contributed by atoms with Gasteiger partial charge in [0.2, 0.25) is 0 Å². The van der Waals surface area contributed by atoms with Crippen molar-refractivity contribution < 1.29 is 4.42 Å². The Bertz CT molecular complexity index is 485. The zero-order valence-corrected chi connectivity index (χ0v) is 12.7. The molecule has 1 aromatic carbocycles. The molecule has 0 radical (unpaired) electrons. The highest BCUT2D eigenvalue weighted by molar-refractivity contribution is 5.32. The quantitative estimate of drug-likeness (QED) is 0.790. The maximum absolute atomic E-state index is 5.32. The van der Waals surface area contributed by atoms with Gasteiger partial charge in [-0.2, -0.15) is 0 Å². The Labute approximate surface area is 122 Å². The van der Waals surface area contributed by atoms with E-state index in [0.717, 1.165) is 19.4 Å². The molecule has 0 amide bonds. The molecule has 0 bridgehead atoms. The lowest BCUT2D eigenvalue weighted by atomic mass is 9.68. The summed E-state index contributed by atoms with van der Waals surface area (Å²) in [5.74, 6) is 0. The fraction of sp³-hybridized carbons (Fsp3) is 0.444. The smallest absolute Gasteiger partial charge is 0.0950 e. The molecule has 2 heteroatoms. The molecule has 108 valence electrons. The first-order valence-corrected chi connectivity index (χ1v) is 7.59. The van der Waals surface area contributed by atoms with E-state index in [9.17, 15) is 0 Å². The molecule has 1 aromatic heterocycles. The van der Waals surface area contributed by atoms with Crippen LogP contribution in [0.2, 0.25) is 0 Å². The van der Waals surface area contributed by atoms with Crippen LogP contribution in [0.15, 0.2) is 53.3 Å². The van der Waals surface area contributed by atoms with Crippen LogP contribution in [0.5, 0.6) is 0 Å². The van der Waals surface area contributed by atoms with E-state index in [1.165, 1.54) is 11.1 Å². The number of benzene rings is 1. The Morgan fingerprint density at radius 2 is 1.75 bits per heavy atom. The summed E-state index contributed by atoms with van der Waals surface area (Å²) in [6.07, 6.45) is 5.82. The lowest BCUT2D eigenvalue weighted by molar-refractivity contribution is 0.276. The molecule has 2 rings (SSSR count). The van der Waals surface area contributed by atoms with Gasteiger partial charge in [-0.1, -0.05) is 51.1 Å². The van der Waals surface area contributed by atoms with E-state index in [4.69, 9.17) is 4.42 Å². The van der Waals surface area contributed by atoms with Gasteiger partial charge >= 0.3 is 0 Å². The average molecular weight is 271 g/mol. The highest BCUT2D eigenvalue weighted by Crippen LogP contribution is 2.43. The first-order chi connectivity index (χ1) is 9.78. The Balaban J connectivity index is 2.49. The molecule has 2 aromatic rings. The maximum Gasteiger partial charge on any atom is 0.0950 e. The molecule has 1 heterocycles. The van der Waals surface area contributed by atoms with E-state index in [1.807, 2.05) is 6.26 Å². The van der Waals surface area contributed by atoms with Gasteiger partial charge in [-0.25, -0.2) is 0 Å². The van der Waals surface area contributed by atoms with Gasteiger partial charge in [0.05, 0.1) is 12.5 Å². The van der Waals surface area contributed by atoms with Crippen molar-refractivity contribution in [1.82, 2.24) is 5.32 Å². The summed E-state index contributed by atoms with van der Waals surface area (Å²) in [6.45, 7) is 7.67. The molecule has 0 saturated heterocycles. The fourth-order valence-electron chi connectivity index (χ4n) is 3.28. The molecular weight excluding hydrogens is 246 g/mol. The normalized spacial score (nSPS) is 13.3. The van der Waals surface area contributed by atoms with Crippen molar-refractivity contribution in [3.8, 4) is 0 Å². The predicted octanol–water partition coefficient (Wildman–Crippen LogP) is 4.69. The highest BCUT2D eigenvalue weighted by Gasteiger charge is 2.38. The lowest BCUT2D eigenvalue weighted by Gasteiger charge is -2.40. The maximum atomic E-state index is 5.32. The van der Waals surface area contributed by atoms with Crippen LogP contribution < -0.4 is 5.32 Å². The highest BCUT2D eigenvalue weighted by atomic mass is 16.3. The van der Waals surface area contributed by atoms with E-state index < -0.39 is 0 Å². The topological polar surface area (TPSA) is 25.2 Å². The summed E-state index contributed by atoms with van der Waals surface area (Å²) < 4.78 is 5.32. The van der Waals surface area contributed by atoms with Gasteiger partial charge in [0.25, 0.3) is 0 Å². The van der Waals surface area contributed by atoms with Crippen LogP contribution in [0.25, 0.3) is 0 Å². The molecule has 1 atom stereocenters. The first-order valence-electron chi connectivity index (χ1n) is 7.59. The largest absolute Gasteiger partial charge is 0.472 e. The molecule has 0 fully saturated rings. The molecule has 1 unspecified atom stereocenters. The second-order valence-electron chi connectivity index (χ2n) is 5.28. The van der Waals surface area contributed by atoms with E-state index in [-0.39, 0.29) is 11.5 Å².